The molecule has 21 heavy (non-hydrogen) atoms. The molecule has 0 saturated heterocycles. The van der Waals surface area contributed by atoms with E-state index in [9.17, 15) is 4.79 Å². The molecule has 0 saturated carbocycles. The van der Waals surface area contributed by atoms with Gasteiger partial charge in [-0.05, 0) is 48.4 Å². The van der Waals surface area contributed by atoms with Crippen LogP contribution in [-0.2, 0) is 4.79 Å². The van der Waals surface area contributed by atoms with Gasteiger partial charge in [-0.15, -0.1) is 0 Å². The summed E-state index contributed by atoms with van der Waals surface area (Å²) in [5.74, 6) is -0.176. The second-order valence-corrected chi connectivity index (χ2v) is 5.33. The van der Waals surface area contributed by atoms with Gasteiger partial charge in [0, 0.05) is 18.5 Å². The van der Waals surface area contributed by atoms with E-state index < -0.39 is 0 Å². The van der Waals surface area contributed by atoms with Gasteiger partial charge in [-0.25, -0.2) is 0 Å². The van der Waals surface area contributed by atoms with E-state index in [0.29, 0.717) is 10.0 Å². The van der Waals surface area contributed by atoms with E-state index in [1.165, 1.54) is 6.08 Å². The quantitative estimate of drug-likeness (QED) is 0.854. The van der Waals surface area contributed by atoms with Crippen LogP contribution >= 0.6 is 23.2 Å². The number of amides is 1. The molecule has 1 heterocycles. The standard InChI is InChI=1S/C16H14Cl2N2O/c1-11(13-6-8-19-9-7-13)20-16(21)5-3-12-2-4-14(17)15(18)10-12/h2-11H,1H3,(H,20,21)/b5-3+. The number of benzene rings is 1. The van der Waals surface area contributed by atoms with Crippen LogP contribution in [0.1, 0.15) is 24.1 Å². The lowest BCUT2D eigenvalue weighted by atomic mass is 10.1. The zero-order chi connectivity index (χ0) is 15.2. The van der Waals surface area contributed by atoms with E-state index in [-0.39, 0.29) is 11.9 Å². The average molecular weight is 321 g/mol. The minimum atomic E-state index is -0.176. The molecule has 0 aliphatic carbocycles. The molecule has 0 aliphatic heterocycles. The van der Waals surface area contributed by atoms with Crippen molar-refractivity contribution in [2.24, 2.45) is 0 Å². The highest BCUT2D eigenvalue weighted by molar-refractivity contribution is 6.42. The van der Waals surface area contributed by atoms with Gasteiger partial charge in [-0.3, -0.25) is 9.78 Å². The third-order valence-electron chi connectivity index (χ3n) is 2.94. The fraction of sp³-hybridized carbons (Fsp3) is 0.125. The first-order valence-corrected chi connectivity index (χ1v) is 7.15. The molecule has 0 radical (unpaired) electrons. The van der Waals surface area contributed by atoms with Crippen LogP contribution in [-0.4, -0.2) is 10.9 Å². The Morgan fingerprint density at radius 1 is 1.19 bits per heavy atom. The zero-order valence-electron chi connectivity index (χ0n) is 11.4. The molecule has 0 aliphatic rings. The first-order valence-electron chi connectivity index (χ1n) is 6.40. The van der Waals surface area contributed by atoms with Gasteiger partial charge < -0.3 is 5.32 Å². The predicted molar refractivity (Wildman–Crippen MR) is 86.3 cm³/mol. The Bertz CT molecular complexity index is 657. The van der Waals surface area contributed by atoms with Crippen LogP contribution in [0.25, 0.3) is 6.08 Å². The molecule has 5 heteroatoms. The summed E-state index contributed by atoms with van der Waals surface area (Å²) in [6, 6.07) is 8.85. The van der Waals surface area contributed by atoms with Crippen molar-refractivity contribution in [1.29, 1.82) is 0 Å². The minimum Gasteiger partial charge on any atom is -0.346 e. The first kappa shape index (κ1) is 15.5. The van der Waals surface area contributed by atoms with Gasteiger partial charge in [0.1, 0.15) is 0 Å². The highest BCUT2D eigenvalue weighted by atomic mass is 35.5. The van der Waals surface area contributed by atoms with Crippen molar-refractivity contribution < 1.29 is 4.79 Å². The van der Waals surface area contributed by atoms with Gasteiger partial charge in [0.15, 0.2) is 0 Å². The molecule has 1 aromatic heterocycles. The SMILES string of the molecule is CC(NC(=O)/C=C/c1ccc(Cl)c(Cl)c1)c1ccncc1. The fourth-order valence-electron chi connectivity index (χ4n) is 1.78. The lowest BCUT2D eigenvalue weighted by molar-refractivity contribution is -0.117. The first-order chi connectivity index (χ1) is 10.1. The van der Waals surface area contributed by atoms with E-state index in [4.69, 9.17) is 23.2 Å². The molecule has 1 N–H and O–H groups in total. The maximum absolute atomic E-state index is 11.9. The Hall–Kier alpha value is -1.84. The molecule has 0 spiro atoms. The Balaban J connectivity index is 1.98. The number of hydrogen-bond acceptors (Lipinski definition) is 2. The normalized spacial score (nSPS) is 12.3. The van der Waals surface area contributed by atoms with Crippen LogP contribution in [0.15, 0.2) is 48.8 Å². The van der Waals surface area contributed by atoms with Gasteiger partial charge in [0.25, 0.3) is 0 Å². The summed E-state index contributed by atoms with van der Waals surface area (Å²) < 4.78 is 0. The van der Waals surface area contributed by atoms with Crippen molar-refractivity contribution in [3.63, 3.8) is 0 Å². The number of nitrogens with zero attached hydrogens (tertiary/aromatic N) is 1. The Morgan fingerprint density at radius 2 is 1.90 bits per heavy atom. The third kappa shape index (κ3) is 4.59. The molecule has 1 unspecified atom stereocenters. The molecule has 3 nitrogen and oxygen atoms in total. The van der Waals surface area contributed by atoms with Crippen LogP contribution in [0.3, 0.4) is 0 Å². The van der Waals surface area contributed by atoms with Crippen LogP contribution in [0.5, 0.6) is 0 Å². The highest BCUT2D eigenvalue weighted by Crippen LogP contribution is 2.23. The molecule has 2 aromatic rings. The number of aromatic nitrogens is 1. The van der Waals surface area contributed by atoms with Crippen molar-refractivity contribution in [1.82, 2.24) is 10.3 Å². The molecule has 2 rings (SSSR count). The monoisotopic (exact) mass is 320 g/mol. The minimum absolute atomic E-state index is 0.0843. The average Bonchev–Trinajstić information content (AvgIpc) is 2.49. The number of nitrogens with one attached hydrogen (secondary N) is 1. The van der Waals surface area contributed by atoms with Crippen molar-refractivity contribution in [2.75, 3.05) is 0 Å². The van der Waals surface area contributed by atoms with Gasteiger partial charge >= 0.3 is 0 Å². The lowest BCUT2D eigenvalue weighted by Crippen LogP contribution is -2.24. The molecule has 1 amide bonds. The number of halogens is 2. The summed E-state index contributed by atoms with van der Waals surface area (Å²) in [7, 11) is 0. The number of carbonyl (C=O) groups is 1. The van der Waals surface area contributed by atoms with E-state index in [2.05, 4.69) is 10.3 Å². The maximum Gasteiger partial charge on any atom is 0.244 e. The second kappa shape index (κ2) is 7.25. The van der Waals surface area contributed by atoms with Crippen LogP contribution in [0.4, 0.5) is 0 Å². The van der Waals surface area contributed by atoms with Crippen molar-refractivity contribution in [3.8, 4) is 0 Å². The van der Waals surface area contributed by atoms with Crippen molar-refractivity contribution in [3.05, 3.63) is 70.0 Å². The molecule has 1 atom stereocenters. The van der Waals surface area contributed by atoms with E-state index in [1.54, 1.807) is 36.7 Å². The zero-order valence-corrected chi connectivity index (χ0v) is 12.9. The van der Waals surface area contributed by atoms with Gasteiger partial charge in [0.05, 0.1) is 16.1 Å². The maximum atomic E-state index is 11.9. The third-order valence-corrected chi connectivity index (χ3v) is 3.67. The number of hydrogen-bond donors (Lipinski definition) is 1. The smallest absolute Gasteiger partial charge is 0.244 e. The molecular formula is C16H14Cl2N2O. The molecule has 108 valence electrons. The van der Waals surface area contributed by atoms with Gasteiger partial charge in [0.2, 0.25) is 5.91 Å². The lowest BCUT2D eigenvalue weighted by Gasteiger charge is -2.12. The van der Waals surface area contributed by atoms with E-state index in [0.717, 1.165) is 11.1 Å². The highest BCUT2D eigenvalue weighted by Gasteiger charge is 2.06. The summed E-state index contributed by atoms with van der Waals surface area (Å²) in [4.78, 5) is 15.8. The number of carbonyl (C=O) groups excluding carboxylic acids is 1. The van der Waals surface area contributed by atoms with Crippen LogP contribution < -0.4 is 5.32 Å². The molecular weight excluding hydrogens is 307 g/mol. The Labute approximate surface area is 133 Å². The van der Waals surface area contributed by atoms with Crippen molar-refractivity contribution >= 4 is 35.2 Å². The summed E-state index contributed by atoms with van der Waals surface area (Å²) >= 11 is 11.8. The summed E-state index contributed by atoms with van der Waals surface area (Å²) in [5.41, 5.74) is 1.82. The molecule has 1 aromatic carbocycles. The van der Waals surface area contributed by atoms with Gasteiger partial charge in [-0.2, -0.15) is 0 Å². The molecule has 0 fully saturated rings. The fourth-order valence-corrected chi connectivity index (χ4v) is 2.09. The Morgan fingerprint density at radius 3 is 2.57 bits per heavy atom. The topological polar surface area (TPSA) is 42.0 Å². The van der Waals surface area contributed by atoms with Crippen LogP contribution in [0, 0.1) is 0 Å². The summed E-state index contributed by atoms with van der Waals surface area (Å²) in [6.45, 7) is 1.92. The van der Waals surface area contributed by atoms with Crippen LogP contribution in [0.2, 0.25) is 10.0 Å². The van der Waals surface area contributed by atoms with Crippen molar-refractivity contribution in [2.45, 2.75) is 13.0 Å². The molecule has 0 bridgehead atoms. The Kier molecular flexibility index (Phi) is 5.37. The predicted octanol–water partition coefficient (Wildman–Crippen LogP) is 4.28. The second-order valence-electron chi connectivity index (χ2n) is 4.52. The largest absolute Gasteiger partial charge is 0.346 e. The van der Waals surface area contributed by atoms with E-state index >= 15 is 0 Å². The van der Waals surface area contributed by atoms with E-state index in [1.807, 2.05) is 19.1 Å². The number of rotatable bonds is 4. The number of pyridine rings is 1. The summed E-state index contributed by atoms with van der Waals surface area (Å²) in [5, 5.41) is 3.83. The van der Waals surface area contributed by atoms with Gasteiger partial charge in [-0.1, -0.05) is 29.3 Å². The summed E-state index contributed by atoms with van der Waals surface area (Å²) in [6.07, 6.45) is 6.56.